The van der Waals surface area contributed by atoms with Crippen molar-refractivity contribution in [2.45, 2.75) is 57.4 Å². The number of nitrogens with zero attached hydrogens (tertiary/aromatic N) is 2. The normalized spacial score (nSPS) is 21.5. The molecule has 1 atom stereocenters. The van der Waals surface area contributed by atoms with Gasteiger partial charge >= 0.3 is 0 Å². The van der Waals surface area contributed by atoms with Crippen molar-refractivity contribution in [1.82, 2.24) is 9.78 Å². The average molecular weight is 271 g/mol. The lowest BCUT2D eigenvalue weighted by Gasteiger charge is -2.31. The van der Waals surface area contributed by atoms with Gasteiger partial charge in [-0.15, -0.1) is 0 Å². The smallest absolute Gasteiger partial charge is 0.248 e. The van der Waals surface area contributed by atoms with Gasteiger partial charge in [0.2, 0.25) is 5.92 Å². The van der Waals surface area contributed by atoms with E-state index in [4.69, 9.17) is 5.73 Å². The SMILES string of the molecule is CCc1cc(CC(N)C2CCC(F)(F)CC2)n(C)n1. The molecule has 1 aromatic rings. The van der Waals surface area contributed by atoms with Gasteiger partial charge < -0.3 is 5.73 Å². The Labute approximate surface area is 113 Å². The van der Waals surface area contributed by atoms with E-state index in [0.717, 1.165) is 24.2 Å². The lowest BCUT2D eigenvalue weighted by atomic mass is 9.81. The van der Waals surface area contributed by atoms with Crippen molar-refractivity contribution in [1.29, 1.82) is 0 Å². The quantitative estimate of drug-likeness (QED) is 0.915. The van der Waals surface area contributed by atoms with Gasteiger partial charge in [-0.3, -0.25) is 4.68 Å². The number of aromatic nitrogens is 2. The van der Waals surface area contributed by atoms with Crippen LogP contribution in [0.15, 0.2) is 6.07 Å². The second-order valence-electron chi connectivity index (χ2n) is 5.67. The van der Waals surface area contributed by atoms with E-state index < -0.39 is 5.92 Å². The molecule has 1 aliphatic rings. The van der Waals surface area contributed by atoms with E-state index in [1.165, 1.54) is 0 Å². The molecule has 0 bridgehead atoms. The van der Waals surface area contributed by atoms with Crippen LogP contribution < -0.4 is 5.73 Å². The second-order valence-corrected chi connectivity index (χ2v) is 5.67. The number of alkyl halides is 2. The average Bonchev–Trinajstić information content (AvgIpc) is 2.70. The Morgan fingerprint density at radius 3 is 2.63 bits per heavy atom. The van der Waals surface area contributed by atoms with Gasteiger partial charge in [-0.1, -0.05) is 6.92 Å². The van der Waals surface area contributed by atoms with Crippen LogP contribution in [0.2, 0.25) is 0 Å². The number of hydrogen-bond donors (Lipinski definition) is 1. The first-order valence-electron chi connectivity index (χ1n) is 7.06. The Bertz CT molecular complexity index is 418. The minimum absolute atomic E-state index is 0.0169. The van der Waals surface area contributed by atoms with Crippen molar-refractivity contribution in [3.05, 3.63) is 17.5 Å². The van der Waals surface area contributed by atoms with Crippen LogP contribution in [-0.4, -0.2) is 21.7 Å². The monoisotopic (exact) mass is 271 g/mol. The number of halogens is 2. The van der Waals surface area contributed by atoms with Crippen LogP contribution in [0.3, 0.4) is 0 Å². The minimum atomic E-state index is -2.47. The zero-order valence-corrected chi connectivity index (χ0v) is 11.7. The van der Waals surface area contributed by atoms with E-state index in [9.17, 15) is 8.78 Å². The fourth-order valence-electron chi connectivity index (χ4n) is 2.83. The lowest BCUT2D eigenvalue weighted by molar-refractivity contribution is -0.0482. The summed E-state index contributed by atoms with van der Waals surface area (Å²) in [6.07, 6.45) is 2.66. The summed E-state index contributed by atoms with van der Waals surface area (Å²) >= 11 is 0. The third-order valence-electron chi connectivity index (χ3n) is 4.20. The zero-order chi connectivity index (χ0) is 14.0. The van der Waals surface area contributed by atoms with Gasteiger partial charge in [-0.05, 0) is 31.2 Å². The van der Waals surface area contributed by atoms with Crippen LogP contribution in [0.4, 0.5) is 8.78 Å². The molecule has 2 N–H and O–H groups in total. The summed E-state index contributed by atoms with van der Waals surface area (Å²) in [6.45, 7) is 2.06. The molecule has 0 radical (unpaired) electrons. The number of hydrogen-bond acceptors (Lipinski definition) is 2. The first kappa shape index (κ1) is 14.4. The van der Waals surface area contributed by atoms with Crippen molar-refractivity contribution in [2.75, 3.05) is 0 Å². The summed E-state index contributed by atoms with van der Waals surface area (Å²) in [5, 5.41) is 4.39. The Morgan fingerprint density at radius 1 is 1.47 bits per heavy atom. The molecule has 0 amide bonds. The van der Waals surface area contributed by atoms with E-state index in [1.54, 1.807) is 0 Å². The van der Waals surface area contributed by atoms with E-state index >= 15 is 0 Å². The van der Waals surface area contributed by atoms with Crippen molar-refractivity contribution >= 4 is 0 Å². The van der Waals surface area contributed by atoms with Crippen molar-refractivity contribution < 1.29 is 8.78 Å². The van der Waals surface area contributed by atoms with Crippen LogP contribution in [0, 0.1) is 5.92 Å². The van der Waals surface area contributed by atoms with E-state index in [1.807, 2.05) is 11.7 Å². The minimum Gasteiger partial charge on any atom is -0.327 e. The van der Waals surface area contributed by atoms with E-state index in [0.29, 0.717) is 12.8 Å². The molecular weight excluding hydrogens is 248 g/mol. The number of rotatable bonds is 4. The summed E-state index contributed by atoms with van der Waals surface area (Å²) in [5.41, 5.74) is 8.36. The predicted octanol–water partition coefficient (Wildman–Crippen LogP) is 2.68. The molecule has 5 heteroatoms. The van der Waals surface area contributed by atoms with Crippen LogP contribution in [0.25, 0.3) is 0 Å². The lowest BCUT2D eigenvalue weighted by Crippen LogP contribution is -2.37. The molecule has 1 aliphatic carbocycles. The molecule has 0 aliphatic heterocycles. The first-order valence-corrected chi connectivity index (χ1v) is 7.06. The molecule has 0 saturated heterocycles. The maximum absolute atomic E-state index is 13.1. The third-order valence-corrected chi connectivity index (χ3v) is 4.20. The highest BCUT2D eigenvalue weighted by atomic mass is 19.3. The molecule has 108 valence electrons. The van der Waals surface area contributed by atoms with Gasteiger partial charge in [-0.25, -0.2) is 8.78 Å². The van der Waals surface area contributed by atoms with Gasteiger partial charge in [0, 0.05) is 38.0 Å². The highest BCUT2D eigenvalue weighted by Crippen LogP contribution is 2.37. The molecule has 2 rings (SSSR count). The molecular formula is C14H23F2N3. The Kier molecular flexibility index (Phi) is 4.23. The Hall–Kier alpha value is -0.970. The van der Waals surface area contributed by atoms with E-state index in [-0.39, 0.29) is 24.8 Å². The molecule has 3 nitrogen and oxygen atoms in total. The molecule has 1 heterocycles. The van der Waals surface area contributed by atoms with Gasteiger partial charge in [0.1, 0.15) is 0 Å². The van der Waals surface area contributed by atoms with Gasteiger partial charge in [0.25, 0.3) is 0 Å². The van der Waals surface area contributed by atoms with Gasteiger partial charge in [0.05, 0.1) is 5.69 Å². The highest BCUT2D eigenvalue weighted by Gasteiger charge is 2.36. The maximum Gasteiger partial charge on any atom is 0.248 e. The molecule has 19 heavy (non-hydrogen) atoms. The molecule has 1 saturated carbocycles. The van der Waals surface area contributed by atoms with Crippen molar-refractivity contribution in [3.8, 4) is 0 Å². The van der Waals surface area contributed by atoms with Crippen molar-refractivity contribution in [3.63, 3.8) is 0 Å². The predicted molar refractivity (Wildman–Crippen MR) is 71.2 cm³/mol. The summed E-state index contributed by atoms with van der Waals surface area (Å²) in [4.78, 5) is 0. The standard InChI is InChI=1S/C14H23F2N3/c1-3-11-8-12(19(2)18-11)9-13(17)10-4-6-14(15,16)7-5-10/h8,10,13H,3-7,9,17H2,1-2H3. The molecule has 0 aromatic carbocycles. The fourth-order valence-corrected chi connectivity index (χ4v) is 2.83. The van der Waals surface area contributed by atoms with Crippen LogP contribution >= 0.6 is 0 Å². The third kappa shape index (κ3) is 3.53. The summed E-state index contributed by atoms with van der Waals surface area (Å²) in [5.74, 6) is -2.27. The van der Waals surface area contributed by atoms with Gasteiger partial charge in [0.15, 0.2) is 0 Å². The van der Waals surface area contributed by atoms with Gasteiger partial charge in [-0.2, -0.15) is 5.10 Å². The molecule has 1 unspecified atom stereocenters. The molecule has 0 spiro atoms. The van der Waals surface area contributed by atoms with Crippen LogP contribution in [0.1, 0.15) is 44.0 Å². The highest BCUT2D eigenvalue weighted by molar-refractivity contribution is 5.11. The summed E-state index contributed by atoms with van der Waals surface area (Å²) in [6, 6.07) is 2.02. The summed E-state index contributed by atoms with van der Waals surface area (Å²) < 4.78 is 28.1. The maximum atomic E-state index is 13.1. The Morgan fingerprint density at radius 2 is 2.11 bits per heavy atom. The topological polar surface area (TPSA) is 43.8 Å². The zero-order valence-electron chi connectivity index (χ0n) is 11.7. The summed E-state index contributed by atoms with van der Waals surface area (Å²) in [7, 11) is 1.91. The van der Waals surface area contributed by atoms with Crippen LogP contribution in [-0.2, 0) is 19.9 Å². The van der Waals surface area contributed by atoms with E-state index in [2.05, 4.69) is 18.1 Å². The Balaban J connectivity index is 1.94. The first-order chi connectivity index (χ1) is 8.91. The van der Waals surface area contributed by atoms with Crippen molar-refractivity contribution in [2.24, 2.45) is 18.7 Å². The van der Waals surface area contributed by atoms with Crippen LogP contribution in [0.5, 0.6) is 0 Å². The fraction of sp³-hybridized carbons (Fsp3) is 0.786. The number of aryl methyl sites for hydroxylation is 2. The molecule has 1 fully saturated rings. The number of nitrogens with two attached hydrogens (primary N) is 1. The second kappa shape index (κ2) is 5.57. The largest absolute Gasteiger partial charge is 0.327 e. The molecule has 1 aromatic heterocycles.